The molecule has 8 nitrogen and oxygen atoms in total. The van der Waals surface area contributed by atoms with Gasteiger partial charge in [-0.05, 0) is 55.4 Å². The number of hydrazine groups is 1. The summed E-state index contributed by atoms with van der Waals surface area (Å²) >= 11 is 5.11. The molecule has 1 fully saturated rings. The van der Waals surface area contributed by atoms with Gasteiger partial charge in [-0.2, -0.15) is 0 Å². The number of nitrogens with zero attached hydrogens (tertiary/aromatic N) is 2. The summed E-state index contributed by atoms with van der Waals surface area (Å²) in [6, 6.07) is 12.3. The maximum Gasteiger partial charge on any atom is 0.292 e. The standard InChI is InChI=1S/C19H20FN5O3S/c20-14-5-7-15(8-6-14)21-19(29)23-22-18(26)13-9-11-24(12-10-13)16-3-1-2-4-17(16)25(27)28/h1-8,13H,9-12H2,(H,22,26)(H2,21,23,29). The van der Waals surface area contributed by atoms with Crippen LogP contribution in [0.4, 0.5) is 21.5 Å². The number of carbonyl (C=O) groups is 1. The molecule has 1 heterocycles. The second kappa shape index (κ2) is 9.28. The SMILES string of the molecule is O=C(NNC(=S)Nc1ccc(F)cc1)C1CCN(c2ccccc2[N+](=O)[O-])CC1. The number of thiocarbonyl (C=S) groups is 1. The van der Waals surface area contributed by atoms with E-state index in [-0.39, 0.29) is 28.4 Å². The van der Waals surface area contributed by atoms with Crippen LogP contribution in [0, 0.1) is 21.8 Å². The molecule has 1 aliphatic rings. The number of hydrogen-bond acceptors (Lipinski definition) is 5. The summed E-state index contributed by atoms with van der Waals surface area (Å²) in [5.74, 6) is -0.777. The molecule has 3 N–H and O–H groups in total. The highest BCUT2D eigenvalue weighted by Gasteiger charge is 2.28. The Morgan fingerprint density at radius 2 is 1.76 bits per heavy atom. The van der Waals surface area contributed by atoms with E-state index in [9.17, 15) is 19.3 Å². The molecule has 0 saturated carbocycles. The Balaban J connectivity index is 1.47. The van der Waals surface area contributed by atoms with Gasteiger partial charge in [-0.1, -0.05) is 12.1 Å². The van der Waals surface area contributed by atoms with E-state index in [2.05, 4.69) is 16.2 Å². The number of amides is 1. The van der Waals surface area contributed by atoms with Crippen LogP contribution in [-0.2, 0) is 4.79 Å². The second-order valence-corrected chi connectivity index (χ2v) is 6.99. The summed E-state index contributed by atoms with van der Waals surface area (Å²) in [5.41, 5.74) is 6.43. The van der Waals surface area contributed by atoms with Gasteiger partial charge in [-0.25, -0.2) is 4.39 Å². The van der Waals surface area contributed by atoms with Crippen molar-refractivity contribution in [2.75, 3.05) is 23.3 Å². The minimum Gasteiger partial charge on any atom is -0.366 e. The fourth-order valence-electron chi connectivity index (χ4n) is 3.18. The van der Waals surface area contributed by atoms with E-state index in [1.54, 1.807) is 18.2 Å². The van der Waals surface area contributed by atoms with Gasteiger partial charge in [-0.15, -0.1) is 0 Å². The zero-order valence-electron chi connectivity index (χ0n) is 15.4. The number of rotatable bonds is 4. The van der Waals surface area contributed by atoms with Gasteiger partial charge in [0, 0.05) is 30.8 Å². The first-order valence-corrected chi connectivity index (χ1v) is 9.45. The molecule has 0 atom stereocenters. The number of nitro groups is 1. The summed E-state index contributed by atoms with van der Waals surface area (Å²) in [4.78, 5) is 25.1. The lowest BCUT2D eigenvalue weighted by atomic mass is 9.95. The maximum absolute atomic E-state index is 12.9. The van der Waals surface area contributed by atoms with Gasteiger partial charge >= 0.3 is 0 Å². The number of anilines is 2. The Hall–Kier alpha value is -3.27. The van der Waals surface area contributed by atoms with Crippen molar-refractivity contribution in [2.24, 2.45) is 5.92 Å². The van der Waals surface area contributed by atoms with Gasteiger partial charge in [-0.3, -0.25) is 25.8 Å². The molecule has 2 aromatic rings. The molecular weight excluding hydrogens is 397 g/mol. The molecule has 2 aromatic carbocycles. The predicted molar refractivity (Wildman–Crippen MR) is 112 cm³/mol. The smallest absolute Gasteiger partial charge is 0.292 e. The highest BCUT2D eigenvalue weighted by atomic mass is 32.1. The van der Waals surface area contributed by atoms with Crippen LogP contribution in [-0.4, -0.2) is 29.0 Å². The molecule has 152 valence electrons. The van der Waals surface area contributed by atoms with E-state index in [1.807, 2.05) is 4.90 Å². The molecule has 0 spiro atoms. The maximum atomic E-state index is 12.9. The number of nitrogens with one attached hydrogen (secondary N) is 3. The Morgan fingerprint density at radius 1 is 1.10 bits per heavy atom. The lowest BCUT2D eigenvalue weighted by molar-refractivity contribution is -0.384. The van der Waals surface area contributed by atoms with Crippen molar-refractivity contribution in [1.29, 1.82) is 0 Å². The second-order valence-electron chi connectivity index (χ2n) is 6.58. The average molecular weight is 417 g/mol. The van der Waals surface area contributed by atoms with E-state index in [0.29, 0.717) is 37.3 Å². The average Bonchev–Trinajstić information content (AvgIpc) is 2.74. The van der Waals surface area contributed by atoms with Crippen LogP contribution in [0.5, 0.6) is 0 Å². The molecule has 29 heavy (non-hydrogen) atoms. The van der Waals surface area contributed by atoms with Crippen molar-refractivity contribution < 1.29 is 14.1 Å². The minimum atomic E-state index is -0.396. The van der Waals surface area contributed by atoms with Crippen molar-refractivity contribution in [1.82, 2.24) is 10.9 Å². The third-order valence-corrected chi connectivity index (χ3v) is 4.89. The molecule has 1 amide bonds. The van der Waals surface area contributed by atoms with Gasteiger partial charge in [0.1, 0.15) is 11.5 Å². The summed E-state index contributed by atoms with van der Waals surface area (Å²) in [6.07, 6.45) is 1.13. The van der Waals surface area contributed by atoms with E-state index in [4.69, 9.17) is 12.2 Å². The largest absolute Gasteiger partial charge is 0.366 e. The van der Waals surface area contributed by atoms with Gasteiger partial charge in [0.25, 0.3) is 5.69 Å². The van der Waals surface area contributed by atoms with Crippen LogP contribution in [0.15, 0.2) is 48.5 Å². The highest BCUT2D eigenvalue weighted by molar-refractivity contribution is 7.80. The normalized spacial score (nSPS) is 14.2. The zero-order chi connectivity index (χ0) is 20.8. The first kappa shape index (κ1) is 20.5. The zero-order valence-corrected chi connectivity index (χ0v) is 16.2. The van der Waals surface area contributed by atoms with Crippen LogP contribution in [0.2, 0.25) is 0 Å². The van der Waals surface area contributed by atoms with Gasteiger partial charge in [0.2, 0.25) is 5.91 Å². The van der Waals surface area contributed by atoms with E-state index in [0.717, 1.165) is 0 Å². The number of benzene rings is 2. The van der Waals surface area contributed by atoms with Crippen molar-refractivity contribution in [3.63, 3.8) is 0 Å². The Labute approximate surface area is 172 Å². The number of nitro benzene ring substituents is 1. The van der Waals surface area contributed by atoms with Crippen molar-refractivity contribution >= 4 is 40.3 Å². The lowest BCUT2D eigenvalue weighted by Crippen LogP contribution is -2.48. The summed E-state index contributed by atoms with van der Waals surface area (Å²) in [5, 5.41) is 14.2. The molecule has 10 heteroatoms. The third-order valence-electron chi connectivity index (χ3n) is 4.69. The fraction of sp³-hybridized carbons (Fsp3) is 0.263. The van der Waals surface area contributed by atoms with Crippen molar-refractivity contribution in [3.05, 3.63) is 64.5 Å². The van der Waals surface area contributed by atoms with Crippen molar-refractivity contribution in [2.45, 2.75) is 12.8 Å². The topological polar surface area (TPSA) is 99.5 Å². The number of piperidine rings is 1. The highest BCUT2D eigenvalue weighted by Crippen LogP contribution is 2.31. The molecule has 3 rings (SSSR count). The third kappa shape index (κ3) is 5.38. The first-order valence-electron chi connectivity index (χ1n) is 9.05. The van der Waals surface area contributed by atoms with Gasteiger partial charge < -0.3 is 10.2 Å². The molecule has 0 aromatic heterocycles. The Kier molecular flexibility index (Phi) is 6.55. The van der Waals surface area contributed by atoms with E-state index in [1.165, 1.54) is 30.3 Å². The predicted octanol–water partition coefficient (Wildman–Crippen LogP) is 2.97. The van der Waals surface area contributed by atoms with Gasteiger partial charge in [0.15, 0.2) is 5.11 Å². The van der Waals surface area contributed by atoms with Crippen LogP contribution >= 0.6 is 12.2 Å². The number of hydrogen-bond donors (Lipinski definition) is 3. The molecule has 1 aliphatic heterocycles. The number of para-hydroxylation sites is 2. The van der Waals surface area contributed by atoms with E-state index >= 15 is 0 Å². The lowest BCUT2D eigenvalue weighted by Gasteiger charge is -2.32. The first-order chi connectivity index (χ1) is 13.9. The van der Waals surface area contributed by atoms with Crippen LogP contribution in [0.1, 0.15) is 12.8 Å². The summed E-state index contributed by atoms with van der Waals surface area (Å²) < 4.78 is 12.9. The number of carbonyl (C=O) groups excluding carboxylic acids is 1. The molecule has 0 bridgehead atoms. The summed E-state index contributed by atoms with van der Waals surface area (Å²) in [7, 11) is 0. The molecular formula is C19H20FN5O3S. The number of halogens is 1. The Morgan fingerprint density at radius 3 is 2.41 bits per heavy atom. The molecule has 0 unspecified atom stereocenters. The van der Waals surface area contributed by atoms with E-state index < -0.39 is 4.92 Å². The molecule has 0 radical (unpaired) electrons. The Bertz CT molecular complexity index is 901. The monoisotopic (exact) mass is 417 g/mol. The van der Waals surface area contributed by atoms with Crippen LogP contribution < -0.4 is 21.1 Å². The van der Waals surface area contributed by atoms with Crippen LogP contribution in [0.3, 0.4) is 0 Å². The molecule has 0 aliphatic carbocycles. The summed E-state index contributed by atoms with van der Waals surface area (Å²) in [6.45, 7) is 1.09. The fourth-order valence-corrected chi connectivity index (χ4v) is 3.35. The molecule has 1 saturated heterocycles. The van der Waals surface area contributed by atoms with Crippen molar-refractivity contribution in [3.8, 4) is 0 Å². The van der Waals surface area contributed by atoms with Crippen LogP contribution in [0.25, 0.3) is 0 Å². The minimum absolute atomic E-state index is 0.0642. The quantitative estimate of drug-likeness (QED) is 0.400. The van der Waals surface area contributed by atoms with Gasteiger partial charge in [0.05, 0.1) is 4.92 Å².